The van der Waals surface area contributed by atoms with Crippen molar-refractivity contribution < 1.29 is 9.53 Å². The molecular weight excluding hydrogens is 222 g/mol. The molecule has 0 aliphatic carbocycles. The molecule has 0 aromatic carbocycles. The fraction of sp³-hybridized carbons (Fsp3) is 0.917. The second-order valence-electron chi connectivity index (χ2n) is 4.38. The number of carbonyl (C=O) groups is 1. The summed E-state index contributed by atoms with van der Waals surface area (Å²) >= 11 is 1.93. The molecule has 96 valence electrons. The third-order valence-corrected chi connectivity index (χ3v) is 3.67. The second-order valence-corrected chi connectivity index (χ2v) is 6.06. The number of likely N-dealkylation sites (N-methyl/N-ethyl adjacent to an activating group) is 1. The van der Waals surface area contributed by atoms with E-state index in [1.54, 1.807) is 0 Å². The zero-order valence-electron chi connectivity index (χ0n) is 11.1. The predicted octanol–water partition coefficient (Wildman–Crippen LogP) is 2.45. The lowest BCUT2D eigenvalue weighted by Gasteiger charge is -2.27. The average molecular weight is 247 g/mol. The Balaban J connectivity index is 4.07. The number of ether oxygens (including phenoxy) is 1. The lowest BCUT2D eigenvalue weighted by Crippen LogP contribution is -2.50. The van der Waals surface area contributed by atoms with E-state index >= 15 is 0 Å². The SMILES string of the molecule is CCNC(C)(CCCSC(C)C)C(=O)OC. The van der Waals surface area contributed by atoms with Crippen molar-refractivity contribution in [2.45, 2.75) is 51.3 Å². The summed E-state index contributed by atoms with van der Waals surface area (Å²) in [4.78, 5) is 11.7. The molecule has 0 amide bonds. The maximum atomic E-state index is 11.7. The number of nitrogens with one attached hydrogen (secondary N) is 1. The fourth-order valence-corrected chi connectivity index (χ4v) is 2.41. The highest BCUT2D eigenvalue weighted by Crippen LogP contribution is 2.18. The summed E-state index contributed by atoms with van der Waals surface area (Å²) in [6.45, 7) is 9.08. The van der Waals surface area contributed by atoms with E-state index in [1.807, 2.05) is 25.6 Å². The van der Waals surface area contributed by atoms with Crippen LogP contribution in [-0.2, 0) is 9.53 Å². The zero-order valence-corrected chi connectivity index (χ0v) is 11.9. The first kappa shape index (κ1) is 15.8. The molecule has 3 nitrogen and oxygen atoms in total. The van der Waals surface area contributed by atoms with Crippen LogP contribution in [0.2, 0.25) is 0 Å². The normalized spacial score (nSPS) is 14.9. The minimum Gasteiger partial charge on any atom is -0.468 e. The van der Waals surface area contributed by atoms with Gasteiger partial charge in [-0.05, 0) is 37.3 Å². The van der Waals surface area contributed by atoms with Crippen molar-refractivity contribution in [2.75, 3.05) is 19.4 Å². The highest BCUT2D eigenvalue weighted by Gasteiger charge is 2.32. The van der Waals surface area contributed by atoms with Gasteiger partial charge >= 0.3 is 5.97 Å². The molecule has 0 heterocycles. The first-order valence-corrected chi connectivity index (χ1v) is 6.96. The van der Waals surface area contributed by atoms with E-state index in [0.717, 1.165) is 25.1 Å². The molecule has 0 saturated carbocycles. The lowest BCUT2D eigenvalue weighted by atomic mass is 9.96. The molecular formula is C12H25NO2S. The van der Waals surface area contributed by atoms with E-state index < -0.39 is 5.54 Å². The van der Waals surface area contributed by atoms with Crippen molar-refractivity contribution in [3.05, 3.63) is 0 Å². The van der Waals surface area contributed by atoms with E-state index in [9.17, 15) is 4.79 Å². The Kier molecular flexibility index (Phi) is 7.85. The van der Waals surface area contributed by atoms with Gasteiger partial charge in [-0.1, -0.05) is 20.8 Å². The van der Waals surface area contributed by atoms with Crippen LogP contribution in [0.1, 0.15) is 40.5 Å². The van der Waals surface area contributed by atoms with Gasteiger partial charge in [-0.25, -0.2) is 0 Å². The summed E-state index contributed by atoms with van der Waals surface area (Å²) in [6, 6.07) is 0. The molecule has 0 rings (SSSR count). The Hall–Kier alpha value is -0.220. The lowest BCUT2D eigenvalue weighted by molar-refractivity contribution is -0.148. The molecule has 0 aliphatic rings. The molecule has 0 saturated heterocycles. The van der Waals surface area contributed by atoms with Crippen LogP contribution in [0.15, 0.2) is 0 Å². The van der Waals surface area contributed by atoms with Gasteiger partial charge < -0.3 is 10.1 Å². The average Bonchev–Trinajstić information content (AvgIpc) is 2.23. The summed E-state index contributed by atoms with van der Waals surface area (Å²) in [5.41, 5.74) is -0.527. The van der Waals surface area contributed by atoms with Gasteiger partial charge in [-0.15, -0.1) is 0 Å². The van der Waals surface area contributed by atoms with Crippen LogP contribution < -0.4 is 5.32 Å². The minimum absolute atomic E-state index is 0.163. The predicted molar refractivity (Wildman–Crippen MR) is 70.9 cm³/mol. The van der Waals surface area contributed by atoms with Crippen LogP contribution in [0, 0.1) is 0 Å². The molecule has 0 spiro atoms. The Labute approximate surface area is 104 Å². The van der Waals surface area contributed by atoms with Gasteiger partial charge in [-0.2, -0.15) is 11.8 Å². The number of rotatable bonds is 8. The van der Waals surface area contributed by atoms with E-state index in [-0.39, 0.29) is 5.97 Å². The van der Waals surface area contributed by atoms with Crippen molar-refractivity contribution in [2.24, 2.45) is 0 Å². The Morgan fingerprint density at radius 3 is 2.56 bits per heavy atom. The number of hydrogen-bond donors (Lipinski definition) is 1. The first-order valence-electron chi connectivity index (χ1n) is 5.91. The molecule has 0 bridgehead atoms. The van der Waals surface area contributed by atoms with E-state index in [4.69, 9.17) is 4.74 Å². The quantitative estimate of drug-likeness (QED) is 0.528. The van der Waals surface area contributed by atoms with E-state index in [0.29, 0.717) is 5.25 Å². The van der Waals surface area contributed by atoms with Crippen molar-refractivity contribution in [1.29, 1.82) is 0 Å². The molecule has 4 heteroatoms. The monoisotopic (exact) mass is 247 g/mol. The zero-order chi connectivity index (χ0) is 12.6. The van der Waals surface area contributed by atoms with Crippen molar-refractivity contribution >= 4 is 17.7 Å². The van der Waals surface area contributed by atoms with Gasteiger partial charge in [0.25, 0.3) is 0 Å². The van der Waals surface area contributed by atoms with Gasteiger partial charge in [0.2, 0.25) is 0 Å². The molecule has 16 heavy (non-hydrogen) atoms. The third kappa shape index (κ3) is 5.75. The maximum Gasteiger partial charge on any atom is 0.325 e. The highest BCUT2D eigenvalue weighted by atomic mass is 32.2. The third-order valence-electron chi connectivity index (χ3n) is 2.48. The van der Waals surface area contributed by atoms with Crippen molar-refractivity contribution in [3.63, 3.8) is 0 Å². The fourth-order valence-electron chi connectivity index (χ4n) is 1.62. The molecule has 1 atom stereocenters. The number of carbonyl (C=O) groups excluding carboxylic acids is 1. The van der Waals surface area contributed by atoms with Gasteiger partial charge in [0.1, 0.15) is 5.54 Å². The molecule has 0 aromatic heterocycles. The van der Waals surface area contributed by atoms with E-state index in [2.05, 4.69) is 19.2 Å². The first-order chi connectivity index (χ1) is 7.46. The minimum atomic E-state index is -0.527. The smallest absolute Gasteiger partial charge is 0.325 e. The Bertz CT molecular complexity index is 209. The van der Waals surface area contributed by atoms with Crippen molar-refractivity contribution in [3.8, 4) is 0 Å². The number of esters is 1. The van der Waals surface area contributed by atoms with Crippen LogP contribution in [0.3, 0.4) is 0 Å². The number of hydrogen-bond acceptors (Lipinski definition) is 4. The molecule has 1 unspecified atom stereocenters. The van der Waals surface area contributed by atoms with Crippen LogP contribution in [0.4, 0.5) is 0 Å². The highest BCUT2D eigenvalue weighted by molar-refractivity contribution is 7.99. The molecule has 0 fully saturated rings. The van der Waals surface area contributed by atoms with Crippen molar-refractivity contribution in [1.82, 2.24) is 5.32 Å². The van der Waals surface area contributed by atoms with Crippen LogP contribution >= 0.6 is 11.8 Å². The van der Waals surface area contributed by atoms with Gasteiger partial charge in [-0.3, -0.25) is 4.79 Å². The summed E-state index contributed by atoms with van der Waals surface area (Å²) in [5.74, 6) is 0.930. The summed E-state index contributed by atoms with van der Waals surface area (Å²) in [5, 5.41) is 3.87. The summed E-state index contributed by atoms with van der Waals surface area (Å²) in [6.07, 6.45) is 1.86. The number of methoxy groups -OCH3 is 1. The maximum absolute atomic E-state index is 11.7. The second kappa shape index (κ2) is 7.96. The van der Waals surface area contributed by atoms with Gasteiger partial charge in [0.15, 0.2) is 0 Å². The largest absolute Gasteiger partial charge is 0.468 e. The standard InChI is InChI=1S/C12H25NO2S/c1-6-13-12(4,11(14)15-5)8-7-9-16-10(2)3/h10,13H,6-9H2,1-5H3. The van der Waals surface area contributed by atoms with Gasteiger partial charge in [0, 0.05) is 0 Å². The van der Waals surface area contributed by atoms with Crippen LogP contribution in [0.25, 0.3) is 0 Å². The van der Waals surface area contributed by atoms with Crippen LogP contribution in [0.5, 0.6) is 0 Å². The molecule has 0 radical (unpaired) electrons. The van der Waals surface area contributed by atoms with Gasteiger partial charge in [0.05, 0.1) is 7.11 Å². The van der Waals surface area contributed by atoms with E-state index in [1.165, 1.54) is 7.11 Å². The molecule has 1 N–H and O–H groups in total. The molecule has 0 aromatic rings. The molecule has 0 aliphatic heterocycles. The summed E-state index contributed by atoms with van der Waals surface area (Å²) < 4.78 is 4.84. The Morgan fingerprint density at radius 2 is 2.12 bits per heavy atom. The topological polar surface area (TPSA) is 38.3 Å². The van der Waals surface area contributed by atoms with Crippen LogP contribution in [-0.4, -0.2) is 36.2 Å². The Morgan fingerprint density at radius 1 is 1.50 bits per heavy atom. The number of thioether (sulfide) groups is 1. The summed E-state index contributed by atoms with van der Waals surface area (Å²) in [7, 11) is 1.45.